The number of pyridine rings is 1. The van der Waals surface area contributed by atoms with Gasteiger partial charge in [-0.05, 0) is 9.91 Å². The van der Waals surface area contributed by atoms with Crippen LogP contribution in [0.1, 0.15) is 0 Å². The normalized spacial score (nSPS) is 12.1. The number of hydrogen-bond donors (Lipinski definition) is 0. The molecule has 0 spiro atoms. The lowest BCUT2D eigenvalue weighted by Gasteiger charge is -2.12. The van der Waals surface area contributed by atoms with Gasteiger partial charge in [-0.25, -0.2) is 8.42 Å². The number of nitro groups is 1. The zero-order valence-electron chi connectivity index (χ0n) is 9.34. The number of methoxy groups -OCH3 is 1. The Morgan fingerprint density at radius 2 is 2.00 bits per heavy atom. The second-order valence-corrected chi connectivity index (χ2v) is 5.54. The van der Waals surface area contributed by atoms with E-state index in [1.165, 1.54) is 0 Å². The molecule has 0 unspecified atom stereocenters. The van der Waals surface area contributed by atoms with Gasteiger partial charge >= 0.3 is 26.3 Å². The maximum atomic E-state index is 12.2. The number of nitrogens with zero attached hydrogens (tertiary/aromatic N) is 2. The Labute approximate surface area is 113 Å². The van der Waals surface area contributed by atoms with Crippen molar-refractivity contribution in [1.82, 2.24) is 4.98 Å². The van der Waals surface area contributed by atoms with Crippen LogP contribution in [0.3, 0.4) is 0 Å². The molecule has 13 heteroatoms. The number of ether oxygens (including phenoxy) is 2. The van der Waals surface area contributed by atoms with Gasteiger partial charge in [0.25, 0.3) is 0 Å². The molecule has 0 aliphatic rings. The van der Waals surface area contributed by atoms with Gasteiger partial charge in [-0.15, -0.1) is 13.2 Å². The molecule has 0 fully saturated rings. The van der Waals surface area contributed by atoms with Crippen LogP contribution >= 0.6 is 10.7 Å². The number of halogens is 4. The highest BCUT2D eigenvalue weighted by Crippen LogP contribution is 2.40. The quantitative estimate of drug-likeness (QED) is 0.468. The first-order chi connectivity index (χ1) is 8.95. The van der Waals surface area contributed by atoms with Crippen LogP contribution in [0.15, 0.2) is 11.1 Å². The number of hydrogen-bond acceptors (Lipinski definition) is 7. The topological polar surface area (TPSA) is 109 Å². The standard InChI is InChI=1S/C7H4ClF3N2O6S/c1-18-3-2-4(13(14)15)12-6(20(8,16)17)5(3)19-7(9,10)11/h2H,1H3. The van der Waals surface area contributed by atoms with Crippen LogP contribution in [0.2, 0.25) is 0 Å². The van der Waals surface area contributed by atoms with Gasteiger partial charge in [-0.3, -0.25) is 0 Å². The Balaban J connectivity index is 3.66. The SMILES string of the molecule is COc1cc([N+](=O)[O-])nc(S(=O)(=O)Cl)c1OC(F)(F)F. The number of alkyl halides is 3. The summed E-state index contributed by atoms with van der Waals surface area (Å²) in [6, 6.07) is 0.465. The molecular weight excluding hydrogens is 333 g/mol. The van der Waals surface area contributed by atoms with Gasteiger partial charge < -0.3 is 19.6 Å². The fraction of sp³-hybridized carbons (Fsp3) is 0.286. The van der Waals surface area contributed by atoms with Crippen molar-refractivity contribution in [3.8, 4) is 11.5 Å². The van der Waals surface area contributed by atoms with Crippen molar-refractivity contribution in [2.45, 2.75) is 11.4 Å². The molecule has 0 atom stereocenters. The van der Waals surface area contributed by atoms with Gasteiger partial charge in [-0.1, -0.05) is 0 Å². The molecule has 1 rings (SSSR count). The summed E-state index contributed by atoms with van der Waals surface area (Å²) in [6.07, 6.45) is -5.28. The minimum atomic E-state index is -5.28. The largest absolute Gasteiger partial charge is 0.573 e. The predicted molar refractivity (Wildman–Crippen MR) is 57.2 cm³/mol. The van der Waals surface area contributed by atoms with E-state index >= 15 is 0 Å². The fourth-order valence-corrected chi connectivity index (χ4v) is 1.98. The second kappa shape index (κ2) is 5.28. The highest BCUT2D eigenvalue weighted by atomic mass is 35.7. The van der Waals surface area contributed by atoms with E-state index in [-0.39, 0.29) is 0 Å². The van der Waals surface area contributed by atoms with Gasteiger partial charge in [-0.2, -0.15) is 0 Å². The first-order valence-corrected chi connectivity index (χ1v) is 6.70. The summed E-state index contributed by atoms with van der Waals surface area (Å²) in [7, 11) is 0.894. The zero-order valence-corrected chi connectivity index (χ0v) is 10.9. The Morgan fingerprint density at radius 3 is 2.35 bits per heavy atom. The molecule has 0 aliphatic heterocycles. The van der Waals surface area contributed by atoms with Gasteiger partial charge in [0, 0.05) is 10.7 Å². The van der Waals surface area contributed by atoms with Crippen molar-refractivity contribution >= 4 is 25.6 Å². The summed E-state index contributed by atoms with van der Waals surface area (Å²) >= 11 is 0. The van der Waals surface area contributed by atoms with Crippen molar-refractivity contribution < 1.29 is 36.0 Å². The minimum absolute atomic E-state index is 0.465. The zero-order chi connectivity index (χ0) is 15.7. The minimum Gasteiger partial charge on any atom is -0.492 e. The summed E-state index contributed by atoms with van der Waals surface area (Å²) in [5, 5.41) is 9.06. The Kier molecular flexibility index (Phi) is 4.29. The highest BCUT2D eigenvalue weighted by Gasteiger charge is 2.40. The lowest BCUT2D eigenvalue weighted by Crippen LogP contribution is -2.20. The maximum absolute atomic E-state index is 12.2. The Morgan fingerprint density at radius 1 is 1.45 bits per heavy atom. The van der Waals surface area contributed by atoms with Gasteiger partial charge in [0.15, 0.2) is 5.75 Å². The molecular formula is C7H4ClF3N2O6S. The molecule has 0 aromatic carbocycles. The third kappa shape index (κ3) is 3.84. The van der Waals surface area contributed by atoms with Crippen molar-refractivity contribution in [2.24, 2.45) is 0 Å². The van der Waals surface area contributed by atoms with E-state index < -0.39 is 42.7 Å². The maximum Gasteiger partial charge on any atom is 0.573 e. The fourth-order valence-electron chi connectivity index (χ4n) is 1.10. The van der Waals surface area contributed by atoms with Crippen LogP contribution in [0.5, 0.6) is 11.5 Å². The van der Waals surface area contributed by atoms with Crippen LogP contribution in [0.25, 0.3) is 0 Å². The van der Waals surface area contributed by atoms with E-state index in [9.17, 15) is 31.7 Å². The summed E-state index contributed by atoms with van der Waals surface area (Å²) < 4.78 is 66.8. The summed E-state index contributed by atoms with van der Waals surface area (Å²) in [5.41, 5.74) is 0. The first kappa shape index (κ1) is 16.2. The molecule has 0 radical (unpaired) electrons. The second-order valence-electron chi connectivity index (χ2n) is 3.06. The van der Waals surface area contributed by atoms with E-state index in [1.807, 2.05) is 0 Å². The molecule has 1 aromatic rings. The Hall–Kier alpha value is -1.82. The van der Waals surface area contributed by atoms with E-state index in [4.69, 9.17) is 10.7 Å². The van der Waals surface area contributed by atoms with E-state index in [2.05, 4.69) is 14.5 Å². The van der Waals surface area contributed by atoms with Crippen molar-refractivity contribution in [2.75, 3.05) is 7.11 Å². The van der Waals surface area contributed by atoms with Crippen LogP contribution in [0, 0.1) is 10.1 Å². The Bertz CT molecular complexity index is 647. The molecule has 1 aromatic heterocycles. The molecule has 0 amide bonds. The monoisotopic (exact) mass is 336 g/mol. The summed E-state index contributed by atoms with van der Waals surface area (Å²) in [5.74, 6) is -3.32. The third-order valence-corrected chi connectivity index (χ3v) is 2.93. The van der Waals surface area contributed by atoms with Gasteiger partial charge in [0.1, 0.15) is 0 Å². The van der Waals surface area contributed by atoms with E-state index in [1.54, 1.807) is 0 Å². The van der Waals surface area contributed by atoms with Gasteiger partial charge in [0.05, 0.1) is 13.2 Å². The first-order valence-electron chi connectivity index (χ1n) is 4.39. The highest BCUT2D eigenvalue weighted by molar-refractivity contribution is 8.13. The molecule has 0 aliphatic carbocycles. The average molecular weight is 337 g/mol. The molecule has 112 valence electrons. The lowest BCUT2D eigenvalue weighted by molar-refractivity contribution is -0.390. The summed E-state index contributed by atoms with van der Waals surface area (Å²) in [4.78, 5) is 12.3. The molecule has 0 saturated carbocycles. The lowest BCUT2D eigenvalue weighted by atomic mass is 10.4. The molecule has 0 bridgehead atoms. The number of aromatic nitrogens is 1. The molecule has 0 saturated heterocycles. The van der Waals surface area contributed by atoms with Crippen molar-refractivity contribution in [3.05, 3.63) is 16.2 Å². The number of rotatable bonds is 4. The van der Waals surface area contributed by atoms with Crippen LogP contribution < -0.4 is 9.47 Å². The predicted octanol–water partition coefficient (Wildman–Crippen LogP) is 1.82. The van der Waals surface area contributed by atoms with E-state index in [0.717, 1.165) is 7.11 Å². The smallest absolute Gasteiger partial charge is 0.492 e. The third-order valence-electron chi connectivity index (χ3n) is 1.75. The molecule has 1 heterocycles. The van der Waals surface area contributed by atoms with Crippen LogP contribution in [-0.2, 0) is 9.05 Å². The van der Waals surface area contributed by atoms with Crippen LogP contribution in [-0.4, -0.2) is 31.8 Å². The summed E-state index contributed by atoms with van der Waals surface area (Å²) in [6.45, 7) is 0. The molecule has 20 heavy (non-hydrogen) atoms. The van der Waals surface area contributed by atoms with Crippen molar-refractivity contribution in [3.63, 3.8) is 0 Å². The van der Waals surface area contributed by atoms with Crippen molar-refractivity contribution in [1.29, 1.82) is 0 Å². The molecule has 8 nitrogen and oxygen atoms in total. The average Bonchev–Trinajstić information content (AvgIpc) is 2.25. The molecule has 0 N–H and O–H groups in total. The van der Waals surface area contributed by atoms with Gasteiger partial charge in [0.2, 0.25) is 5.75 Å². The van der Waals surface area contributed by atoms with E-state index in [0.29, 0.717) is 6.07 Å². The van der Waals surface area contributed by atoms with Crippen LogP contribution in [0.4, 0.5) is 19.0 Å².